The lowest BCUT2D eigenvalue weighted by atomic mass is 10.0. The third-order valence-electron chi connectivity index (χ3n) is 3.35. The second-order valence-corrected chi connectivity index (χ2v) is 4.54. The maximum absolute atomic E-state index is 12.4. The number of rotatable bonds is 4. The van der Waals surface area contributed by atoms with Crippen molar-refractivity contribution in [1.82, 2.24) is 4.90 Å². The highest BCUT2D eigenvalue weighted by Gasteiger charge is 2.19. The Morgan fingerprint density at radius 1 is 1.47 bits per heavy atom. The minimum atomic E-state index is -0.0579. The molecule has 1 radical (unpaired) electrons. The van der Waals surface area contributed by atoms with Crippen LogP contribution in [0.25, 0.3) is 0 Å². The first kappa shape index (κ1) is 14.0. The van der Waals surface area contributed by atoms with Crippen molar-refractivity contribution < 1.29 is 14.3 Å². The second kappa shape index (κ2) is 6.68. The number of amides is 1. The van der Waals surface area contributed by atoms with Crippen LogP contribution in [0.2, 0.25) is 0 Å². The van der Waals surface area contributed by atoms with Gasteiger partial charge in [0.2, 0.25) is 0 Å². The van der Waals surface area contributed by atoms with E-state index < -0.39 is 0 Å². The lowest BCUT2D eigenvalue weighted by Crippen LogP contribution is -2.40. The number of methoxy groups -OCH3 is 1. The Labute approximate surface area is 114 Å². The second-order valence-electron chi connectivity index (χ2n) is 4.54. The van der Waals surface area contributed by atoms with E-state index in [1.54, 1.807) is 7.11 Å². The number of benzene rings is 1. The molecular formula is C15H20NO3. The van der Waals surface area contributed by atoms with Crippen LogP contribution in [0.1, 0.15) is 28.4 Å². The van der Waals surface area contributed by atoms with E-state index >= 15 is 0 Å². The molecule has 4 heteroatoms. The van der Waals surface area contributed by atoms with Crippen molar-refractivity contribution in [2.24, 2.45) is 0 Å². The predicted molar refractivity (Wildman–Crippen MR) is 72.9 cm³/mol. The molecule has 1 unspecified atom stereocenters. The molecule has 0 aromatic heterocycles. The fourth-order valence-corrected chi connectivity index (χ4v) is 2.24. The zero-order valence-electron chi connectivity index (χ0n) is 11.3. The van der Waals surface area contributed by atoms with Crippen LogP contribution in [0.3, 0.4) is 0 Å². The van der Waals surface area contributed by atoms with E-state index in [9.17, 15) is 4.79 Å². The lowest BCUT2D eigenvalue weighted by molar-refractivity contribution is 0.0302. The number of nitrogens with zero attached hydrogens (tertiary/aromatic N) is 1. The molecule has 1 atom stereocenters. The largest absolute Gasteiger partial charge is 0.378 e. The van der Waals surface area contributed by atoms with Crippen molar-refractivity contribution in [2.75, 3.05) is 33.4 Å². The molecule has 1 aromatic rings. The quantitative estimate of drug-likeness (QED) is 0.834. The molecule has 0 N–H and O–H groups in total. The number of ether oxygens (including phenoxy) is 2. The molecule has 1 aliphatic rings. The molecular weight excluding hydrogens is 242 g/mol. The van der Waals surface area contributed by atoms with Gasteiger partial charge < -0.3 is 14.4 Å². The minimum Gasteiger partial charge on any atom is -0.378 e. The van der Waals surface area contributed by atoms with Gasteiger partial charge in [0.05, 0.1) is 19.3 Å². The van der Waals surface area contributed by atoms with Crippen LogP contribution < -0.4 is 0 Å². The Bertz CT molecular complexity index is 423. The molecule has 103 valence electrons. The summed E-state index contributed by atoms with van der Waals surface area (Å²) in [4.78, 5) is 14.2. The summed E-state index contributed by atoms with van der Waals surface area (Å²) in [6.07, 6.45) is 0.587. The van der Waals surface area contributed by atoms with Crippen molar-refractivity contribution in [3.05, 3.63) is 42.3 Å². The molecule has 0 saturated carbocycles. The first-order valence-corrected chi connectivity index (χ1v) is 6.55. The lowest BCUT2D eigenvalue weighted by Gasteiger charge is -2.27. The molecule has 4 nitrogen and oxygen atoms in total. The fraction of sp³-hybridized carbons (Fsp3) is 0.467. The van der Waals surface area contributed by atoms with Crippen molar-refractivity contribution in [1.29, 1.82) is 0 Å². The first-order chi connectivity index (χ1) is 9.26. The zero-order chi connectivity index (χ0) is 13.7. The summed E-state index contributed by atoms with van der Waals surface area (Å²) in [7, 11) is 1.66. The maximum atomic E-state index is 12.4. The standard InChI is InChI=1S/C15H20NO3/c1-3-14(18-2)12-5-4-6-13(11-12)15(17)16-7-9-19-10-8-16/h4-6,11,14H,1,3,7-10H2,2H3. The summed E-state index contributed by atoms with van der Waals surface area (Å²) in [5, 5.41) is 0. The summed E-state index contributed by atoms with van der Waals surface area (Å²) in [5.41, 5.74) is 1.70. The molecule has 1 heterocycles. The zero-order valence-corrected chi connectivity index (χ0v) is 11.3. The Balaban J connectivity index is 2.15. The number of morpholine rings is 1. The molecule has 0 spiro atoms. The van der Waals surface area contributed by atoms with E-state index in [-0.39, 0.29) is 12.0 Å². The summed E-state index contributed by atoms with van der Waals surface area (Å²) >= 11 is 0. The number of hydrogen-bond donors (Lipinski definition) is 0. The first-order valence-electron chi connectivity index (χ1n) is 6.55. The van der Waals surface area contributed by atoms with E-state index in [2.05, 4.69) is 6.92 Å². The smallest absolute Gasteiger partial charge is 0.254 e. The fourth-order valence-electron chi connectivity index (χ4n) is 2.24. The van der Waals surface area contributed by atoms with Gasteiger partial charge >= 0.3 is 0 Å². The van der Waals surface area contributed by atoms with Crippen LogP contribution in [0, 0.1) is 6.92 Å². The van der Waals surface area contributed by atoms with E-state index in [0.29, 0.717) is 38.3 Å². The van der Waals surface area contributed by atoms with Crippen LogP contribution >= 0.6 is 0 Å². The van der Waals surface area contributed by atoms with Gasteiger partial charge in [-0.1, -0.05) is 19.1 Å². The van der Waals surface area contributed by atoms with Gasteiger partial charge in [0.25, 0.3) is 5.91 Å². The summed E-state index contributed by atoms with van der Waals surface area (Å²) in [6, 6.07) is 7.61. The molecule has 1 amide bonds. The summed E-state index contributed by atoms with van der Waals surface area (Å²) in [5.74, 6) is 0.0593. The van der Waals surface area contributed by atoms with Gasteiger partial charge in [-0.25, -0.2) is 0 Å². The Kier molecular flexibility index (Phi) is 4.93. The van der Waals surface area contributed by atoms with E-state index in [0.717, 1.165) is 5.56 Å². The van der Waals surface area contributed by atoms with E-state index in [1.807, 2.05) is 29.2 Å². The van der Waals surface area contributed by atoms with Crippen molar-refractivity contribution >= 4 is 5.91 Å². The Morgan fingerprint density at radius 3 is 2.84 bits per heavy atom. The van der Waals surface area contributed by atoms with Crippen molar-refractivity contribution in [3.8, 4) is 0 Å². The highest BCUT2D eigenvalue weighted by atomic mass is 16.5. The van der Waals surface area contributed by atoms with Gasteiger partial charge in [-0.2, -0.15) is 0 Å². The molecule has 1 aromatic carbocycles. The van der Waals surface area contributed by atoms with Crippen LogP contribution in [0.5, 0.6) is 0 Å². The molecule has 1 saturated heterocycles. The van der Waals surface area contributed by atoms with Crippen LogP contribution in [-0.2, 0) is 9.47 Å². The average Bonchev–Trinajstić information content (AvgIpc) is 2.49. The SMILES string of the molecule is [CH2]CC(OC)c1cccc(C(=O)N2CCOCC2)c1. The Morgan fingerprint density at radius 2 is 2.21 bits per heavy atom. The normalized spacial score (nSPS) is 17.3. The number of hydrogen-bond acceptors (Lipinski definition) is 3. The highest BCUT2D eigenvalue weighted by molar-refractivity contribution is 5.94. The number of carbonyl (C=O) groups is 1. The average molecular weight is 262 g/mol. The molecule has 2 rings (SSSR count). The van der Waals surface area contributed by atoms with Crippen molar-refractivity contribution in [3.63, 3.8) is 0 Å². The molecule has 1 fully saturated rings. The third kappa shape index (κ3) is 3.33. The van der Waals surface area contributed by atoms with Crippen LogP contribution in [0.15, 0.2) is 24.3 Å². The molecule has 1 aliphatic heterocycles. The van der Waals surface area contributed by atoms with E-state index in [1.165, 1.54) is 0 Å². The minimum absolute atomic E-state index is 0.0579. The predicted octanol–water partition coefficient (Wildman–Crippen LogP) is 2.07. The number of carbonyl (C=O) groups excluding carboxylic acids is 1. The van der Waals surface area contributed by atoms with Gasteiger partial charge in [-0.3, -0.25) is 4.79 Å². The molecule has 0 aliphatic carbocycles. The third-order valence-corrected chi connectivity index (χ3v) is 3.35. The Hall–Kier alpha value is -1.39. The van der Waals surface area contributed by atoms with Gasteiger partial charge in [-0.05, 0) is 24.1 Å². The van der Waals surface area contributed by atoms with Crippen molar-refractivity contribution in [2.45, 2.75) is 12.5 Å². The maximum Gasteiger partial charge on any atom is 0.254 e. The summed E-state index contributed by atoms with van der Waals surface area (Å²) in [6.45, 7) is 6.41. The van der Waals surface area contributed by atoms with Crippen LogP contribution in [-0.4, -0.2) is 44.2 Å². The topological polar surface area (TPSA) is 38.8 Å². The molecule has 0 bridgehead atoms. The van der Waals surface area contributed by atoms with Gasteiger partial charge in [0.15, 0.2) is 0 Å². The molecule has 19 heavy (non-hydrogen) atoms. The van der Waals surface area contributed by atoms with E-state index in [4.69, 9.17) is 9.47 Å². The van der Waals surface area contributed by atoms with Gasteiger partial charge in [0, 0.05) is 25.8 Å². The van der Waals surface area contributed by atoms with Gasteiger partial charge in [0.1, 0.15) is 0 Å². The van der Waals surface area contributed by atoms with Gasteiger partial charge in [-0.15, -0.1) is 0 Å². The summed E-state index contributed by atoms with van der Waals surface area (Å²) < 4.78 is 10.6. The monoisotopic (exact) mass is 262 g/mol. The van der Waals surface area contributed by atoms with Crippen LogP contribution in [0.4, 0.5) is 0 Å². The highest BCUT2D eigenvalue weighted by Crippen LogP contribution is 2.21.